The molecule has 0 saturated heterocycles. The third-order valence-electron chi connectivity index (χ3n) is 3.33. The standard InChI is InChI=1S/C17H32O/c1-3-4-5-6-7-8-9-10-11-12-13-14-15-16-17-18-2/h3-15H2,1-2H3. The van der Waals surface area contributed by atoms with Gasteiger partial charge in [0.05, 0.1) is 7.11 Å². The first kappa shape index (κ1) is 17.4. The maximum Gasteiger partial charge on any atom is 0.109 e. The van der Waals surface area contributed by atoms with Gasteiger partial charge in [-0.25, -0.2) is 0 Å². The van der Waals surface area contributed by atoms with Crippen LogP contribution in [0.3, 0.4) is 0 Å². The van der Waals surface area contributed by atoms with Crippen LogP contribution in [0.15, 0.2) is 0 Å². The summed E-state index contributed by atoms with van der Waals surface area (Å²) in [4.78, 5) is 0. The Balaban J connectivity index is 2.94. The topological polar surface area (TPSA) is 9.23 Å². The maximum absolute atomic E-state index is 4.69. The Hall–Kier alpha value is -0.640. The van der Waals surface area contributed by atoms with Crippen molar-refractivity contribution < 1.29 is 4.74 Å². The smallest absolute Gasteiger partial charge is 0.109 e. The molecule has 0 heterocycles. The molecule has 0 aliphatic carbocycles. The first-order valence-corrected chi connectivity index (χ1v) is 7.92. The summed E-state index contributed by atoms with van der Waals surface area (Å²) < 4.78 is 4.69. The lowest BCUT2D eigenvalue weighted by molar-refractivity contribution is 0.371. The monoisotopic (exact) mass is 252 g/mol. The van der Waals surface area contributed by atoms with Crippen molar-refractivity contribution in [1.29, 1.82) is 0 Å². The lowest BCUT2D eigenvalue weighted by Crippen LogP contribution is -1.82. The molecular weight excluding hydrogens is 220 g/mol. The SMILES string of the molecule is CCCCCCCCCCCCCCC#COC. The summed E-state index contributed by atoms with van der Waals surface area (Å²) in [6.07, 6.45) is 20.4. The van der Waals surface area contributed by atoms with Crippen LogP contribution in [-0.2, 0) is 4.74 Å². The molecule has 0 rings (SSSR count). The highest BCUT2D eigenvalue weighted by Gasteiger charge is 1.92. The average molecular weight is 252 g/mol. The van der Waals surface area contributed by atoms with Gasteiger partial charge in [0.15, 0.2) is 0 Å². The molecule has 0 amide bonds. The van der Waals surface area contributed by atoms with E-state index in [1.54, 1.807) is 7.11 Å². The zero-order valence-corrected chi connectivity index (χ0v) is 12.6. The average Bonchev–Trinajstić information content (AvgIpc) is 2.39. The second kappa shape index (κ2) is 16.4. The van der Waals surface area contributed by atoms with Crippen molar-refractivity contribution in [3.05, 3.63) is 0 Å². The van der Waals surface area contributed by atoms with Crippen LogP contribution in [0.4, 0.5) is 0 Å². The van der Waals surface area contributed by atoms with Gasteiger partial charge in [0, 0.05) is 6.42 Å². The Kier molecular flexibility index (Phi) is 15.8. The lowest BCUT2D eigenvalue weighted by atomic mass is 10.0. The summed E-state index contributed by atoms with van der Waals surface area (Å²) in [7, 11) is 1.62. The molecule has 0 aliphatic heterocycles. The van der Waals surface area contributed by atoms with Gasteiger partial charge in [-0.3, -0.25) is 0 Å². The molecule has 0 aromatic heterocycles. The molecule has 1 heteroatoms. The number of hydrogen-bond donors (Lipinski definition) is 0. The summed E-state index contributed by atoms with van der Waals surface area (Å²) in [6, 6.07) is 0. The summed E-state index contributed by atoms with van der Waals surface area (Å²) in [5.41, 5.74) is 0. The fourth-order valence-corrected chi connectivity index (χ4v) is 2.18. The van der Waals surface area contributed by atoms with Crippen molar-refractivity contribution >= 4 is 0 Å². The van der Waals surface area contributed by atoms with Crippen LogP contribution in [0, 0.1) is 12.0 Å². The molecule has 18 heavy (non-hydrogen) atoms. The molecule has 0 fully saturated rings. The van der Waals surface area contributed by atoms with Crippen LogP contribution in [-0.4, -0.2) is 7.11 Å². The van der Waals surface area contributed by atoms with E-state index in [9.17, 15) is 0 Å². The molecule has 0 radical (unpaired) electrons. The number of rotatable bonds is 12. The van der Waals surface area contributed by atoms with E-state index in [0.717, 1.165) is 6.42 Å². The van der Waals surface area contributed by atoms with Crippen LogP contribution in [0.5, 0.6) is 0 Å². The van der Waals surface area contributed by atoms with Gasteiger partial charge in [0.25, 0.3) is 0 Å². The fourth-order valence-electron chi connectivity index (χ4n) is 2.18. The van der Waals surface area contributed by atoms with Crippen molar-refractivity contribution in [2.45, 2.75) is 90.4 Å². The molecule has 106 valence electrons. The van der Waals surface area contributed by atoms with Gasteiger partial charge in [-0.15, -0.1) is 0 Å². The van der Waals surface area contributed by atoms with Crippen molar-refractivity contribution in [2.75, 3.05) is 7.11 Å². The van der Waals surface area contributed by atoms with E-state index in [0.29, 0.717) is 0 Å². The van der Waals surface area contributed by atoms with Crippen LogP contribution in [0.25, 0.3) is 0 Å². The van der Waals surface area contributed by atoms with Crippen LogP contribution in [0.1, 0.15) is 90.4 Å². The molecule has 0 unspecified atom stereocenters. The molecule has 0 spiro atoms. The van der Waals surface area contributed by atoms with Crippen molar-refractivity contribution in [3.8, 4) is 12.0 Å². The van der Waals surface area contributed by atoms with E-state index in [2.05, 4.69) is 23.7 Å². The summed E-state index contributed by atoms with van der Waals surface area (Å²) >= 11 is 0. The molecule has 0 aromatic rings. The first-order valence-electron chi connectivity index (χ1n) is 7.92. The number of ether oxygens (including phenoxy) is 1. The second-order valence-electron chi connectivity index (χ2n) is 5.12. The third kappa shape index (κ3) is 15.4. The highest BCUT2D eigenvalue weighted by molar-refractivity contribution is 4.90. The van der Waals surface area contributed by atoms with Crippen molar-refractivity contribution in [1.82, 2.24) is 0 Å². The van der Waals surface area contributed by atoms with Gasteiger partial charge < -0.3 is 4.74 Å². The Morgan fingerprint density at radius 2 is 1.11 bits per heavy atom. The molecule has 0 atom stereocenters. The predicted molar refractivity (Wildman–Crippen MR) is 80.5 cm³/mol. The maximum atomic E-state index is 4.69. The van der Waals surface area contributed by atoms with Gasteiger partial charge in [-0.05, 0) is 6.42 Å². The van der Waals surface area contributed by atoms with Gasteiger partial charge in [-0.1, -0.05) is 83.5 Å². The van der Waals surface area contributed by atoms with E-state index < -0.39 is 0 Å². The molecule has 0 N–H and O–H groups in total. The normalized spacial score (nSPS) is 9.89. The van der Waals surface area contributed by atoms with Gasteiger partial charge >= 0.3 is 0 Å². The minimum absolute atomic E-state index is 0.991. The molecule has 0 aromatic carbocycles. The number of methoxy groups -OCH3 is 1. The fraction of sp³-hybridized carbons (Fsp3) is 0.882. The van der Waals surface area contributed by atoms with E-state index in [-0.39, 0.29) is 0 Å². The van der Waals surface area contributed by atoms with E-state index >= 15 is 0 Å². The Labute approximate surface area is 115 Å². The minimum Gasteiger partial charge on any atom is -0.450 e. The van der Waals surface area contributed by atoms with Crippen LogP contribution in [0.2, 0.25) is 0 Å². The van der Waals surface area contributed by atoms with Crippen molar-refractivity contribution in [2.24, 2.45) is 0 Å². The summed E-state index contributed by atoms with van der Waals surface area (Å²) in [6.45, 7) is 2.28. The number of hydrogen-bond acceptors (Lipinski definition) is 1. The predicted octanol–water partition coefficient (Wildman–Crippen LogP) is 5.68. The number of unbranched alkanes of at least 4 members (excludes halogenated alkanes) is 12. The molecule has 0 bridgehead atoms. The molecule has 0 saturated carbocycles. The van der Waals surface area contributed by atoms with Crippen LogP contribution >= 0.6 is 0 Å². The zero-order valence-electron chi connectivity index (χ0n) is 12.6. The molecular formula is C17H32O. The molecule has 1 nitrogen and oxygen atoms in total. The Morgan fingerprint density at radius 1 is 0.667 bits per heavy atom. The van der Waals surface area contributed by atoms with E-state index in [1.807, 2.05) is 0 Å². The highest BCUT2D eigenvalue weighted by Crippen LogP contribution is 2.12. The van der Waals surface area contributed by atoms with Gasteiger partial charge in [0.2, 0.25) is 0 Å². The quantitative estimate of drug-likeness (QED) is 0.320. The zero-order chi connectivity index (χ0) is 13.3. The Bertz CT molecular complexity index is 199. The molecule has 0 aliphatic rings. The highest BCUT2D eigenvalue weighted by atomic mass is 16.5. The van der Waals surface area contributed by atoms with Crippen molar-refractivity contribution in [3.63, 3.8) is 0 Å². The first-order chi connectivity index (χ1) is 8.91. The van der Waals surface area contributed by atoms with Gasteiger partial charge in [-0.2, -0.15) is 0 Å². The third-order valence-corrected chi connectivity index (χ3v) is 3.33. The minimum atomic E-state index is 0.991. The Morgan fingerprint density at radius 3 is 1.56 bits per heavy atom. The summed E-state index contributed by atoms with van der Waals surface area (Å²) in [5.74, 6) is 3.00. The lowest BCUT2D eigenvalue weighted by Gasteiger charge is -2.01. The van der Waals surface area contributed by atoms with Crippen LogP contribution < -0.4 is 0 Å². The second-order valence-corrected chi connectivity index (χ2v) is 5.12. The van der Waals surface area contributed by atoms with E-state index in [4.69, 9.17) is 0 Å². The van der Waals surface area contributed by atoms with Gasteiger partial charge in [0.1, 0.15) is 6.11 Å². The summed E-state index contributed by atoms with van der Waals surface area (Å²) in [5, 5.41) is 0. The van der Waals surface area contributed by atoms with E-state index in [1.165, 1.54) is 77.0 Å². The largest absolute Gasteiger partial charge is 0.450 e.